The molecule has 1 amide bonds. The van der Waals surface area contributed by atoms with E-state index in [-0.39, 0.29) is 24.0 Å². The Kier molecular flexibility index (Phi) is 3.96. The number of carbonyl (C=O) groups excluding carboxylic acids is 1. The average Bonchev–Trinajstić information content (AvgIpc) is 2.93. The van der Waals surface area contributed by atoms with Gasteiger partial charge in [-0.15, -0.1) is 0 Å². The van der Waals surface area contributed by atoms with Gasteiger partial charge in [-0.25, -0.2) is 0 Å². The third-order valence-electron chi connectivity index (χ3n) is 4.67. The molecule has 0 bridgehead atoms. The van der Waals surface area contributed by atoms with Crippen molar-refractivity contribution >= 4 is 5.91 Å². The van der Waals surface area contributed by atoms with Crippen molar-refractivity contribution in [3.63, 3.8) is 0 Å². The predicted octanol–water partition coefficient (Wildman–Crippen LogP) is 1.63. The quantitative estimate of drug-likeness (QED) is 0.891. The molecule has 0 aromatic carbocycles. The molecule has 1 aromatic rings. The number of likely N-dealkylation sites (tertiary alicyclic amines) is 1. The van der Waals surface area contributed by atoms with Crippen molar-refractivity contribution in [1.29, 1.82) is 0 Å². The number of aromatic nitrogens is 2. The van der Waals surface area contributed by atoms with Gasteiger partial charge in [0.15, 0.2) is 0 Å². The minimum absolute atomic E-state index is 0.0312. The molecule has 3 rings (SSSR count). The molecule has 2 aliphatic rings. The number of hydrogen-bond acceptors (Lipinski definition) is 4. The van der Waals surface area contributed by atoms with E-state index >= 15 is 0 Å². The Balaban J connectivity index is 1.80. The highest BCUT2D eigenvalue weighted by molar-refractivity contribution is 5.94. The summed E-state index contributed by atoms with van der Waals surface area (Å²) in [6, 6.07) is 1.90. The standard InChI is InChI=1S/C15H21N3O2/c19-14-6-3-4-12(14)13-5-1-2-9-18(13)15(20)11-7-8-16-17-10-11/h7-8,10,12-14,19H,1-6,9H2. The Labute approximate surface area is 119 Å². The fourth-order valence-electron chi connectivity index (χ4n) is 3.66. The molecular weight excluding hydrogens is 254 g/mol. The summed E-state index contributed by atoms with van der Waals surface area (Å²) in [4.78, 5) is 14.6. The Morgan fingerprint density at radius 1 is 1.20 bits per heavy atom. The van der Waals surface area contributed by atoms with Crippen molar-refractivity contribution in [1.82, 2.24) is 15.1 Å². The van der Waals surface area contributed by atoms with E-state index in [1.165, 1.54) is 6.20 Å². The third-order valence-corrected chi connectivity index (χ3v) is 4.67. The van der Waals surface area contributed by atoms with Crippen LogP contribution in [0.1, 0.15) is 48.9 Å². The summed E-state index contributed by atoms with van der Waals surface area (Å²) in [7, 11) is 0. The molecule has 5 heteroatoms. The number of rotatable bonds is 2. The lowest BCUT2D eigenvalue weighted by atomic mass is 9.87. The van der Waals surface area contributed by atoms with Crippen molar-refractivity contribution in [2.24, 2.45) is 5.92 Å². The molecular formula is C15H21N3O2. The number of carbonyl (C=O) groups is 1. The van der Waals surface area contributed by atoms with Gasteiger partial charge in [0.25, 0.3) is 5.91 Å². The number of nitrogens with zero attached hydrogens (tertiary/aromatic N) is 3. The molecule has 3 atom stereocenters. The maximum absolute atomic E-state index is 12.7. The Hall–Kier alpha value is -1.49. The molecule has 2 heterocycles. The highest BCUT2D eigenvalue weighted by atomic mass is 16.3. The van der Waals surface area contributed by atoms with Crippen LogP contribution in [0, 0.1) is 5.92 Å². The van der Waals surface area contributed by atoms with E-state index in [1.54, 1.807) is 12.3 Å². The van der Waals surface area contributed by atoms with Crippen molar-refractivity contribution in [3.8, 4) is 0 Å². The van der Waals surface area contributed by atoms with Gasteiger partial charge in [0, 0.05) is 18.5 Å². The zero-order valence-electron chi connectivity index (χ0n) is 11.6. The van der Waals surface area contributed by atoms with Crippen LogP contribution in [0.15, 0.2) is 18.5 Å². The summed E-state index contributed by atoms with van der Waals surface area (Å²) in [6.07, 6.45) is 9.01. The Morgan fingerprint density at radius 3 is 2.80 bits per heavy atom. The first-order chi connectivity index (χ1) is 9.77. The van der Waals surface area contributed by atoms with E-state index in [1.807, 2.05) is 4.90 Å². The molecule has 1 aliphatic carbocycles. The number of aliphatic hydroxyl groups is 1. The van der Waals surface area contributed by atoms with E-state index in [2.05, 4.69) is 10.2 Å². The van der Waals surface area contributed by atoms with Crippen molar-refractivity contribution in [2.45, 2.75) is 50.7 Å². The second-order valence-corrected chi connectivity index (χ2v) is 5.85. The van der Waals surface area contributed by atoms with Gasteiger partial charge < -0.3 is 10.0 Å². The molecule has 20 heavy (non-hydrogen) atoms. The lowest BCUT2D eigenvalue weighted by molar-refractivity contribution is 0.0287. The van der Waals surface area contributed by atoms with Crippen molar-refractivity contribution in [2.75, 3.05) is 6.54 Å². The molecule has 108 valence electrons. The number of hydrogen-bond donors (Lipinski definition) is 1. The van der Waals surface area contributed by atoms with Crippen LogP contribution in [0.3, 0.4) is 0 Å². The van der Waals surface area contributed by atoms with Crippen LogP contribution >= 0.6 is 0 Å². The summed E-state index contributed by atoms with van der Waals surface area (Å²) < 4.78 is 0. The van der Waals surface area contributed by atoms with Gasteiger partial charge in [-0.05, 0) is 38.2 Å². The summed E-state index contributed by atoms with van der Waals surface area (Å²) in [5.41, 5.74) is 0.597. The molecule has 1 N–H and O–H groups in total. The van der Waals surface area contributed by atoms with Crippen LogP contribution in [-0.4, -0.2) is 44.8 Å². The van der Waals surface area contributed by atoms with Crippen LogP contribution in [-0.2, 0) is 0 Å². The van der Waals surface area contributed by atoms with Crippen molar-refractivity contribution < 1.29 is 9.90 Å². The summed E-state index contributed by atoms with van der Waals surface area (Å²) >= 11 is 0. The maximum atomic E-state index is 12.7. The van der Waals surface area contributed by atoms with Crippen molar-refractivity contribution in [3.05, 3.63) is 24.0 Å². The smallest absolute Gasteiger partial charge is 0.255 e. The summed E-state index contributed by atoms with van der Waals surface area (Å²) in [6.45, 7) is 0.787. The van der Waals surface area contributed by atoms with Gasteiger partial charge in [-0.3, -0.25) is 4.79 Å². The highest BCUT2D eigenvalue weighted by Crippen LogP contribution is 2.35. The SMILES string of the molecule is O=C(c1ccnnc1)N1CCCCC1C1CCCC1O. The van der Waals surface area contributed by atoms with Crippen LogP contribution in [0.5, 0.6) is 0 Å². The minimum Gasteiger partial charge on any atom is -0.393 e. The molecule has 3 unspecified atom stereocenters. The second-order valence-electron chi connectivity index (χ2n) is 5.85. The Morgan fingerprint density at radius 2 is 2.10 bits per heavy atom. The fraction of sp³-hybridized carbons (Fsp3) is 0.667. The molecule has 1 aliphatic heterocycles. The van der Waals surface area contributed by atoms with E-state index < -0.39 is 0 Å². The van der Waals surface area contributed by atoms with Gasteiger partial charge in [-0.1, -0.05) is 6.42 Å². The fourth-order valence-corrected chi connectivity index (χ4v) is 3.66. The zero-order valence-corrected chi connectivity index (χ0v) is 11.6. The molecule has 0 radical (unpaired) electrons. The van der Waals surface area contributed by atoms with Gasteiger partial charge in [0.05, 0.1) is 24.1 Å². The van der Waals surface area contributed by atoms with E-state index in [0.717, 1.165) is 45.1 Å². The summed E-state index contributed by atoms with van der Waals surface area (Å²) in [5, 5.41) is 17.7. The lowest BCUT2D eigenvalue weighted by Gasteiger charge is -2.40. The molecule has 5 nitrogen and oxygen atoms in total. The molecule has 2 fully saturated rings. The number of piperidine rings is 1. The number of aliphatic hydroxyl groups excluding tert-OH is 1. The average molecular weight is 275 g/mol. The van der Waals surface area contributed by atoms with Gasteiger partial charge in [0.2, 0.25) is 0 Å². The van der Waals surface area contributed by atoms with Crippen LogP contribution in [0.25, 0.3) is 0 Å². The van der Waals surface area contributed by atoms with Crippen LogP contribution in [0.4, 0.5) is 0 Å². The molecule has 1 saturated carbocycles. The minimum atomic E-state index is -0.246. The molecule has 0 spiro atoms. The van der Waals surface area contributed by atoms with E-state index in [9.17, 15) is 9.90 Å². The molecule has 1 aromatic heterocycles. The highest BCUT2D eigenvalue weighted by Gasteiger charge is 2.38. The first-order valence-electron chi connectivity index (χ1n) is 7.53. The molecule has 1 saturated heterocycles. The first kappa shape index (κ1) is 13.5. The topological polar surface area (TPSA) is 66.3 Å². The second kappa shape index (κ2) is 5.87. The van der Waals surface area contributed by atoms with E-state index in [0.29, 0.717) is 5.56 Å². The Bertz CT molecular complexity index is 465. The predicted molar refractivity (Wildman–Crippen MR) is 74.1 cm³/mol. The lowest BCUT2D eigenvalue weighted by Crippen LogP contribution is -2.49. The largest absolute Gasteiger partial charge is 0.393 e. The number of amides is 1. The summed E-state index contributed by atoms with van der Waals surface area (Å²) in [5.74, 6) is 0.276. The maximum Gasteiger partial charge on any atom is 0.255 e. The van der Waals surface area contributed by atoms with E-state index in [4.69, 9.17) is 0 Å². The van der Waals surface area contributed by atoms with Gasteiger partial charge in [0.1, 0.15) is 0 Å². The van der Waals surface area contributed by atoms with Crippen LogP contribution in [0.2, 0.25) is 0 Å². The monoisotopic (exact) mass is 275 g/mol. The van der Waals surface area contributed by atoms with Gasteiger partial charge >= 0.3 is 0 Å². The first-order valence-corrected chi connectivity index (χ1v) is 7.53. The zero-order chi connectivity index (χ0) is 13.9. The van der Waals surface area contributed by atoms with Gasteiger partial charge in [-0.2, -0.15) is 10.2 Å². The normalized spacial score (nSPS) is 30.4. The van der Waals surface area contributed by atoms with Crippen LogP contribution < -0.4 is 0 Å². The third kappa shape index (κ3) is 2.54.